The number of halogens is 1. The maximum atomic E-state index is 5.63. The maximum absolute atomic E-state index is 5.63. The van der Waals surface area contributed by atoms with E-state index in [-0.39, 0.29) is 21.6 Å². The number of methoxy groups -OCH3 is 1. The van der Waals surface area contributed by atoms with Crippen molar-refractivity contribution in [3.05, 3.63) is 76.7 Å². The average Bonchev–Trinajstić information content (AvgIpc) is 3.27. The fraction of sp³-hybridized carbons (Fsp3) is 0.360. The molecule has 1 aromatic heterocycles. The van der Waals surface area contributed by atoms with Gasteiger partial charge in [-0.15, -0.1) is 0 Å². The molecule has 0 amide bonds. The molecule has 166 valence electrons. The summed E-state index contributed by atoms with van der Waals surface area (Å²) in [6.07, 6.45) is 9.49. The van der Waals surface area contributed by atoms with E-state index in [1.54, 1.807) is 7.11 Å². The molecule has 2 aromatic rings. The Bertz CT molecular complexity index is 1010. The Morgan fingerprint density at radius 2 is 2.13 bits per heavy atom. The molecule has 0 N–H and O–H groups in total. The number of nitrogens with zero attached hydrogens (tertiary/aromatic N) is 2. The first-order valence-corrected chi connectivity index (χ1v) is 13.4. The summed E-state index contributed by atoms with van der Waals surface area (Å²) in [5.74, 6) is 1.42. The van der Waals surface area contributed by atoms with Gasteiger partial charge < -0.3 is 4.74 Å². The van der Waals surface area contributed by atoms with Crippen LogP contribution in [-0.2, 0) is 14.4 Å². The van der Waals surface area contributed by atoms with E-state index in [1.807, 2.05) is 12.1 Å². The van der Waals surface area contributed by atoms with Crippen LogP contribution in [0.5, 0.6) is 0 Å². The molecule has 1 atom stereocenters. The molecular formula is C25H30IN2O3-. The Balaban J connectivity index is 1.86. The van der Waals surface area contributed by atoms with Crippen molar-refractivity contribution in [3.63, 3.8) is 0 Å². The molecular weight excluding hydrogens is 503 g/mol. The smallest absolute Gasteiger partial charge is 0.380 e. The second-order valence-corrected chi connectivity index (χ2v) is 9.09. The van der Waals surface area contributed by atoms with Crippen molar-refractivity contribution in [2.45, 2.75) is 33.8 Å². The van der Waals surface area contributed by atoms with Crippen molar-refractivity contribution in [1.29, 1.82) is 0 Å². The number of aromatic nitrogens is 2. The van der Waals surface area contributed by atoms with Crippen molar-refractivity contribution in [2.24, 2.45) is 5.92 Å². The molecule has 1 aliphatic rings. The van der Waals surface area contributed by atoms with E-state index in [4.69, 9.17) is 12.3 Å². The van der Waals surface area contributed by atoms with Gasteiger partial charge >= 0.3 is 140 Å². The van der Waals surface area contributed by atoms with Crippen molar-refractivity contribution in [1.82, 2.24) is 10.1 Å². The quantitative estimate of drug-likeness (QED) is 0.282. The summed E-state index contributed by atoms with van der Waals surface area (Å²) in [5.41, 5.74) is 6.87. The Kier molecular flexibility index (Phi) is 8.80. The Morgan fingerprint density at radius 3 is 2.84 bits per heavy atom. The summed E-state index contributed by atoms with van der Waals surface area (Å²) in [4.78, 5) is 6.77. The van der Waals surface area contributed by atoms with E-state index in [9.17, 15) is 0 Å². The molecule has 3 rings (SSSR count). The van der Waals surface area contributed by atoms with Crippen LogP contribution in [0.2, 0.25) is 0 Å². The van der Waals surface area contributed by atoms with Gasteiger partial charge in [-0.1, -0.05) is 17.7 Å². The van der Waals surface area contributed by atoms with Gasteiger partial charge in [-0.3, -0.25) is 0 Å². The van der Waals surface area contributed by atoms with Crippen molar-refractivity contribution >= 4 is 5.57 Å². The van der Waals surface area contributed by atoms with Gasteiger partial charge in [0.2, 0.25) is 0 Å². The molecule has 6 heteroatoms. The van der Waals surface area contributed by atoms with Crippen LogP contribution in [0.25, 0.3) is 17.0 Å². The predicted molar refractivity (Wildman–Crippen MR) is 120 cm³/mol. The standard InChI is InChI=1S/C25H30IN2O3/c1-6-8-22(17(2)3)23-12-11-20(14-21(23)16-29-5)25-27-24(28-31-25)19-10-7-9-18(13-19)15-30-26-4/h6-11,13-14,23H,12,15-16H2,1-5H3/q-1/b8-6-. The van der Waals surface area contributed by atoms with Crippen LogP contribution in [-0.4, -0.2) is 28.8 Å². The van der Waals surface area contributed by atoms with Gasteiger partial charge in [0.1, 0.15) is 0 Å². The zero-order valence-electron chi connectivity index (χ0n) is 18.8. The molecule has 0 radical (unpaired) electrons. The summed E-state index contributed by atoms with van der Waals surface area (Å²) in [6.45, 7) is 7.56. The van der Waals surface area contributed by atoms with Crippen LogP contribution in [0, 0.1) is 5.92 Å². The molecule has 1 heterocycles. The van der Waals surface area contributed by atoms with Crippen LogP contribution >= 0.6 is 0 Å². The SMILES string of the molecule is C/C=C\C(=C(C)C)C1CC=C(c2nc(-c3cccc(CO[I-]C)c3)no2)C=C1COC. The molecule has 0 fully saturated rings. The monoisotopic (exact) mass is 533 g/mol. The molecule has 1 unspecified atom stereocenters. The minimum absolute atomic E-state index is 0.194. The van der Waals surface area contributed by atoms with Gasteiger partial charge in [-0.25, -0.2) is 0 Å². The molecule has 0 spiro atoms. The zero-order valence-corrected chi connectivity index (χ0v) is 21.0. The number of ether oxygens (including phenoxy) is 1. The summed E-state index contributed by atoms with van der Waals surface area (Å²) in [5, 5.41) is 4.22. The number of rotatable bonds is 9. The van der Waals surface area contributed by atoms with Crippen LogP contribution in [0.3, 0.4) is 0 Å². The molecule has 0 aliphatic heterocycles. The third-order valence-corrected chi connectivity index (χ3v) is 6.09. The summed E-state index contributed by atoms with van der Waals surface area (Å²) in [7, 11) is 1.73. The fourth-order valence-electron chi connectivity index (χ4n) is 3.73. The molecule has 1 aliphatic carbocycles. The van der Waals surface area contributed by atoms with Crippen molar-refractivity contribution < 1.29 is 33.9 Å². The van der Waals surface area contributed by atoms with E-state index >= 15 is 0 Å². The first-order chi connectivity index (χ1) is 15.1. The molecule has 0 saturated carbocycles. The number of alkyl halides is 1. The van der Waals surface area contributed by atoms with Crippen LogP contribution in [0.1, 0.15) is 38.6 Å². The minimum Gasteiger partial charge on any atom is -0.380 e. The zero-order chi connectivity index (χ0) is 22.2. The van der Waals surface area contributed by atoms with Crippen molar-refractivity contribution in [3.8, 4) is 11.4 Å². The number of hydrogen-bond acceptors (Lipinski definition) is 5. The van der Waals surface area contributed by atoms with E-state index < -0.39 is 0 Å². The molecule has 5 nitrogen and oxygen atoms in total. The van der Waals surface area contributed by atoms with Gasteiger partial charge in [-0.05, 0) is 26.3 Å². The first-order valence-electron chi connectivity index (χ1n) is 10.3. The average molecular weight is 533 g/mol. The third kappa shape index (κ3) is 6.02. The molecule has 0 bridgehead atoms. The second kappa shape index (κ2) is 11.5. The Morgan fingerprint density at radius 1 is 1.29 bits per heavy atom. The van der Waals surface area contributed by atoms with Gasteiger partial charge in [0.25, 0.3) is 0 Å². The van der Waals surface area contributed by atoms with Crippen molar-refractivity contribution in [2.75, 3.05) is 18.6 Å². The van der Waals surface area contributed by atoms with Gasteiger partial charge in [0.15, 0.2) is 0 Å². The van der Waals surface area contributed by atoms with Crippen LogP contribution in [0.15, 0.2) is 69.8 Å². The van der Waals surface area contributed by atoms with Crippen LogP contribution < -0.4 is 21.6 Å². The summed E-state index contributed by atoms with van der Waals surface area (Å²) in [6, 6.07) is 8.11. The van der Waals surface area contributed by atoms with E-state index in [0.717, 1.165) is 23.1 Å². The summed E-state index contributed by atoms with van der Waals surface area (Å²) >= 11 is -0.194. The third-order valence-electron chi connectivity index (χ3n) is 5.16. The Labute approximate surface area is 195 Å². The normalized spacial score (nSPS) is 16.5. The molecule has 0 saturated heterocycles. The predicted octanol–water partition coefficient (Wildman–Crippen LogP) is 2.78. The minimum atomic E-state index is -0.194. The van der Waals surface area contributed by atoms with E-state index in [2.05, 4.69) is 72.3 Å². The second-order valence-electron chi connectivity index (χ2n) is 7.59. The first kappa shape index (κ1) is 23.6. The Hall–Kier alpha value is -2.03. The van der Waals surface area contributed by atoms with Gasteiger partial charge in [0, 0.05) is 7.11 Å². The molecule has 31 heavy (non-hydrogen) atoms. The van der Waals surface area contributed by atoms with Gasteiger partial charge in [0.05, 0.1) is 0 Å². The number of benzene rings is 1. The van der Waals surface area contributed by atoms with E-state index in [0.29, 0.717) is 30.8 Å². The fourth-order valence-corrected chi connectivity index (χ4v) is 4.40. The van der Waals surface area contributed by atoms with Gasteiger partial charge in [-0.2, -0.15) is 0 Å². The summed E-state index contributed by atoms with van der Waals surface area (Å²) < 4.78 is 16.8. The molecule has 1 aromatic carbocycles. The number of hydrogen-bond donors (Lipinski definition) is 0. The number of allylic oxidation sites excluding steroid dienone is 7. The van der Waals surface area contributed by atoms with Crippen LogP contribution in [0.4, 0.5) is 0 Å². The van der Waals surface area contributed by atoms with E-state index in [1.165, 1.54) is 16.7 Å². The topological polar surface area (TPSA) is 57.4 Å².